The number of hydrogen-bond donors (Lipinski definition) is 2. The molecule has 3 heterocycles. The van der Waals surface area contributed by atoms with E-state index in [1.165, 1.54) is 0 Å². The van der Waals surface area contributed by atoms with Crippen molar-refractivity contribution in [1.29, 1.82) is 0 Å². The fourth-order valence-electron chi connectivity index (χ4n) is 6.25. The fourth-order valence-corrected chi connectivity index (χ4v) is 7.53. The van der Waals surface area contributed by atoms with Gasteiger partial charge in [-0.05, 0) is 107 Å². The monoisotopic (exact) mass is 718 g/mol. The molecule has 2 aromatic rings. The molecule has 0 radical (unpaired) electrons. The number of nitrogens with two attached hydrogens (primary N) is 1. The SMILES string of the molecule is CN(C)C1CCN(C(=O)C(Cc2cc(Br)c(N)c(Br)c2)OC(=O)N2CCC(N3CCc4ccccc4NC3=O)CC2)CC1. The van der Waals surface area contributed by atoms with Crippen molar-refractivity contribution in [3.63, 3.8) is 0 Å². The van der Waals surface area contributed by atoms with Crippen LogP contribution < -0.4 is 11.1 Å². The summed E-state index contributed by atoms with van der Waals surface area (Å²) in [4.78, 5) is 47.8. The molecule has 0 aliphatic carbocycles. The molecule has 10 nitrogen and oxygen atoms in total. The zero-order valence-corrected chi connectivity index (χ0v) is 27.9. The molecule has 3 N–H and O–H groups in total. The van der Waals surface area contributed by atoms with Gasteiger partial charge in [-0.15, -0.1) is 0 Å². The molecule has 0 saturated carbocycles. The standard InChI is InChI=1S/C31H40Br2N6O4/c1-36(2)22-8-12-37(13-9-22)29(40)27(19-20-17-24(32)28(34)25(33)18-20)43-31(42)38-14-10-23(11-15-38)39-16-7-21-5-3-4-6-26(21)35-30(39)41/h3-6,17-18,22-23,27H,7-16,19,34H2,1-2H3,(H,35,41). The van der Waals surface area contributed by atoms with Crippen molar-refractivity contribution in [2.75, 3.05) is 57.9 Å². The van der Waals surface area contributed by atoms with Crippen molar-refractivity contribution in [1.82, 2.24) is 19.6 Å². The van der Waals surface area contributed by atoms with E-state index >= 15 is 0 Å². The van der Waals surface area contributed by atoms with E-state index in [0.717, 1.165) is 36.1 Å². The van der Waals surface area contributed by atoms with Gasteiger partial charge in [0.25, 0.3) is 5.91 Å². The highest BCUT2D eigenvalue weighted by molar-refractivity contribution is 9.11. The summed E-state index contributed by atoms with van der Waals surface area (Å²) in [5, 5.41) is 3.04. The molecule has 2 fully saturated rings. The van der Waals surface area contributed by atoms with E-state index in [2.05, 4.69) is 56.2 Å². The van der Waals surface area contributed by atoms with Crippen LogP contribution in [0.25, 0.3) is 0 Å². The first-order chi connectivity index (χ1) is 20.6. The summed E-state index contributed by atoms with van der Waals surface area (Å²) in [6, 6.07) is 12.0. The van der Waals surface area contributed by atoms with E-state index in [1.807, 2.05) is 46.2 Å². The smallest absolute Gasteiger partial charge is 0.410 e. The van der Waals surface area contributed by atoms with E-state index in [0.29, 0.717) is 66.2 Å². The van der Waals surface area contributed by atoms with Gasteiger partial charge in [-0.25, -0.2) is 9.59 Å². The number of fused-ring (bicyclic) bond motifs is 1. The van der Waals surface area contributed by atoms with Gasteiger partial charge in [-0.3, -0.25) is 4.79 Å². The summed E-state index contributed by atoms with van der Waals surface area (Å²) in [5.41, 5.74) is 9.47. The molecule has 232 valence electrons. The van der Waals surface area contributed by atoms with Crippen LogP contribution in [0.2, 0.25) is 0 Å². The molecule has 5 rings (SSSR count). The number of nitrogen functional groups attached to an aromatic ring is 1. The first-order valence-corrected chi connectivity index (χ1v) is 16.5. The minimum atomic E-state index is -0.960. The van der Waals surface area contributed by atoms with Gasteiger partial charge in [0.1, 0.15) is 0 Å². The summed E-state index contributed by atoms with van der Waals surface area (Å²) < 4.78 is 7.41. The van der Waals surface area contributed by atoms with Crippen LogP contribution in [0.5, 0.6) is 0 Å². The third-order valence-electron chi connectivity index (χ3n) is 8.89. The minimum Gasteiger partial charge on any atom is -0.436 e. The van der Waals surface area contributed by atoms with E-state index < -0.39 is 12.2 Å². The van der Waals surface area contributed by atoms with Gasteiger partial charge in [-0.1, -0.05) is 18.2 Å². The molecule has 12 heteroatoms. The molecular formula is C31H40Br2N6O4. The molecule has 0 bridgehead atoms. The molecule has 4 amide bonds. The molecule has 1 unspecified atom stereocenters. The molecule has 3 aliphatic rings. The van der Waals surface area contributed by atoms with Gasteiger partial charge in [0.05, 0.1) is 5.69 Å². The van der Waals surface area contributed by atoms with Crippen LogP contribution in [0.4, 0.5) is 21.0 Å². The number of carbonyl (C=O) groups is 3. The number of piperidine rings is 2. The highest BCUT2D eigenvalue weighted by Crippen LogP contribution is 2.31. The Morgan fingerprint density at radius 1 is 1.00 bits per heavy atom. The van der Waals surface area contributed by atoms with Gasteiger partial charge in [0.2, 0.25) is 0 Å². The summed E-state index contributed by atoms with van der Waals surface area (Å²) >= 11 is 6.97. The maximum absolute atomic E-state index is 13.8. The number of amides is 4. The molecule has 43 heavy (non-hydrogen) atoms. The van der Waals surface area contributed by atoms with Crippen molar-refractivity contribution in [3.05, 3.63) is 56.5 Å². The molecule has 3 aliphatic heterocycles. The van der Waals surface area contributed by atoms with Gasteiger partial charge in [0, 0.05) is 65.9 Å². The Balaban J connectivity index is 1.23. The Morgan fingerprint density at radius 2 is 1.63 bits per heavy atom. The zero-order chi connectivity index (χ0) is 30.7. The van der Waals surface area contributed by atoms with Crippen molar-refractivity contribution >= 4 is 61.3 Å². The average molecular weight is 721 g/mol. The number of benzene rings is 2. The summed E-state index contributed by atoms with van der Waals surface area (Å²) in [6.07, 6.45) is 2.60. The normalized spacial score (nSPS) is 19.1. The van der Waals surface area contributed by atoms with Crippen molar-refractivity contribution in [2.24, 2.45) is 0 Å². The Hall–Kier alpha value is -2.83. The first kappa shape index (κ1) is 31.6. The second-order valence-corrected chi connectivity index (χ2v) is 13.5. The van der Waals surface area contributed by atoms with Crippen LogP contribution in [-0.4, -0.2) is 103 Å². The Labute approximate surface area is 270 Å². The summed E-state index contributed by atoms with van der Waals surface area (Å²) in [7, 11) is 4.12. The highest BCUT2D eigenvalue weighted by Gasteiger charge is 2.35. The number of para-hydroxylation sites is 1. The van der Waals surface area contributed by atoms with E-state index in [4.69, 9.17) is 10.5 Å². The second-order valence-electron chi connectivity index (χ2n) is 11.8. The Kier molecular flexibility index (Phi) is 10.2. The predicted molar refractivity (Wildman–Crippen MR) is 174 cm³/mol. The molecular weight excluding hydrogens is 680 g/mol. The quantitative estimate of drug-likeness (QED) is 0.409. The maximum atomic E-state index is 13.8. The largest absolute Gasteiger partial charge is 0.436 e. The van der Waals surface area contributed by atoms with Crippen molar-refractivity contribution in [3.8, 4) is 0 Å². The van der Waals surface area contributed by atoms with E-state index in [9.17, 15) is 14.4 Å². The van der Waals surface area contributed by atoms with Crippen molar-refractivity contribution < 1.29 is 19.1 Å². The molecule has 0 aromatic heterocycles. The number of halogens is 2. The fraction of sp³-hybridized carbons (Fsp3) is 0.516. The van der Waals surface area contributed by atoms with Crippen LogP contribution in [0, 0.1) is 0 Å². The number of carbonyl (C=O) groups excluding carboxylic acids is 3. The van der Waals surface area contributed by atoms with Crippen molar-refractivity contribution in [2.45, 2.75) is 56.7 Å². The third-order valence-corrected chi connectivity index (χ3v) is 10.2. The van der Waals surface area contributed by atoms with Crippen LogP contribution in [-0.2, 0) is 22.4 Å². The number of likely N-dealkylation sites (tertiary alicyclic amines) is 2. The molecule has 2 saturated heterocycles. The Morgan fingerprint density at radius 3 is 2.28 bits per heavy atom. The van der Waals surface area contributed by atoms with Gasteiger partial charge in [0.15, 0.2) is 6.10 Å². The minimum absolute atomic E-state index is 0.0262. The number of anilines is 2. The number of ether oxygens (including phenoxy) is 1. The van der Waals surface area contributed by atoms with Crippen LogP contribution >= 0.6 is 31.9 Å². The van der Waals surface area contributed by atoms with E-state index in [1.54, 1.807) is 4.90 Å². The maximum Gasteiger partial charge on any atom is 0.410 e. The number of nitrogens with one attached hydrogen (secondary N) is 1. The lowest BCUT2D eigenvalue weighted by molar-refractivity contribution is -0.142. The highest BCUT2D eigenvalue weighted by atomic mass is 79.9. The number of hydrogen-bond acceptors (Lipinski definition) is 6. The molecule has 2 aromatic carbocycles. The predicted octanol–water partition coefficient (Wildman–Crippen LogP) is 4.95. The first-order valence-electron chi connectivity index (χ1n) is 14.9. The van der Waals surface area contributed by atoms with Gasteiger partial charge >= 0.3 is 12.1 Å². The van der Waals surface area contributed by atoms with Crippen LogP contribution in [0.15, 0.2) is 45.3 Å². The third kappa shape index (κ3) is 7.46. The topological polar surface area (TPSA) is 111 Å². The second kappa shape index (κ2) is 13.9. The molecule has 1 atom stereocenters. The van der Waals surface area contributed by atoms with Gasteiger partial charge in [-0.2, -0.15) is 0 Å². The lowest BCUT2D eigenvalue weighted by atomic mass is 10.0. The molecule has 0 spiro atoms. The Bertz CT molecular complexity index is 1320. The number of nitrogens with zero attached hydrogens (tertiary/aromatic N) is 4. The lowest BCUT2D eigenvalue weighted by Crippen LogP contribution is -2.52. The van der Waals surface area contributed by atoms with Crippen LogP contribution in [0.1, 0.15) is 36.8 Å². The summed E-state index contributed by atoms with van der Waals surface area (Å²) in [6.45, 7) is 2.78. The summed E-state index contributed by atoms with van der Waals surface area (Å²) in [5.74, 6) is -0.176. The van der Waals surface area contributed by atoms with Crippen LogP contribution in [0.3, 0.4) is 0 Å². The van der Waals surface area contributed by atoms with Gasteiger partial charge < -0.3 is 35.4 Å². The average Bonchev–Trinajstić information content (AvgIpc) is 3.17. The zero-order valence-electron chi connectivity index (χ0n) is 24.7. The lowest BCUT2D eigenvalue weighted by Gasteiger charge is -2.38. The van der Waals surface area contributed by atoms with E-state index in [-0.39, 0.29) is 24.4 Å². The number of rotatable bonds is 6. The number of urea groups is 1.